The van der Waals surface area contributed by atoms with E-state index in [9.17, 15) is 0 Å². The van der Waals surface area contributed by atoms with Gasteiger partial charge in [0.2, 0.25) is 0 Å². The van der Waals surface area contributed by atoms with E-state index in [4.69, 9.17) is 5.73 Å². The Kier molecular flexibility index (Phi) is 8.54. The van der Waals surface area contributed by atoms with Crippen LogP contribution in [-0.4, -0.2) is 41.0 Å². The molecule has 4 rings (SSSR count). The number of fused-ring (bicyclic) bond motifs is 2. The number of aromatic nitrogens is 2. The molecule has 2 aromatic carbocycles. The Labute approximate surface area is 180 Å². The van der Waals surface area contributed by atoms with Gasteiger partial charge in [0, 0.05) is 40.7 Å². The summed E-state index contributed by atoms with van der Waals surface area (Å²) in [6.45, 7) is 8.83. The van der Waals surface area contributed by atoms with Gasteiger partial charge >= 0.3 is 0 Å². The zero-order valence-corrected chi connectivity index (χ0v) is 18.5. The van der Waals surface area contributed by atoms with Crippen LogP contribution in [0.2, 0.25) is 0 Å². The first-order chi connectivity index (χ1) is 14.8. The molecule has 0 saturated carbocycles. The van der Waals surface area contributed by atoms with Crippen LogP contribution in [0, 0.1) is 0 Å². The lowest BCUT2D eigenvalue weighted by atomic mass is 10.1. The van der Waals surface area contributed by atoms with Crippen molar-refractivity contribution < 1.29 is 0 Å². The van der Waals surface area contributed by atoms with Crippen molar-refractivity contribution in [1.29, 1.82) is 0 Å². The van der Waals surface area contributed by atoms with Crippen LogP contribution in [0.15, 0.2) is 60.9 Å². The van der Waals surface area contributed by atoms with Crippen LogP contribution < -0.4 is 5.73 Å². The number of H-pyrrole nitrogens is 2. The van der Waals surface area contributed by atoms with Crippen molar-refractivity contribution >= 4 is 21.8 Å². The molecule has 0 unspecified atom stereocenters. The quantitative estimate of drug-likeness (QED) is 0.345. The summed E-state index contributed by atoms with van der Waals surface area (Å²) in [6, 6.07) is 16.9. The minimum atomic E-state index is 0.710. The normalized spacial score (nSPS) is 11.2. The number of para-hydroxylation sites is 2. The molecule has 160 valence electrons. The van der Waals surface area contributed by atoms with Gasteiger partial charge in [-0.25, -0.2) is 0 Å². The van der Waals surface area contributed by atoms with Crippen molar-refractivity contribution in [2.45, 2.75) is 39.5 Å². The molecule has 30 heavy (non-hydrogen) atoms. The molecular formula is C26H36N4. The fourth-order valence-electron chi connectivity index (χ4n) is 4.08. The maximum atomic E-state index is 5.50. The average Bonchev–Trinajstić information content (AvgIpc) is 3.38. The first-order valence-electron chi connectivity index (χ1n) is 11.3. The van der Waals surface area contributed by atoms with Crippen LogP contribution >= 0.6 is 0 Å². The van der Waals surface area contributed by atoms with Crippen molar-refractivity contribution in [3.63, 3.8) is 0 Å². The van der Waals surface area contributed by atoms with Crippen LogP contribution in [0.25, 0.3) is 21.8 Å². The molecule has 0 aliphatic rings. The van der Waals surface area contributed by atoms with Gasteiger partial charge in [0.05, 0.1) is 0 Å². The molecule has 0 saturated heterocycles. The predicted molar refractivity (Wildman–Crippen MR) is 130 cm³/mol. The van der Waals surface area contributed by atoms with Gasteiger partial charge in [-0.3, -0.25) is 0 Å². The molecule has 0 radical (unpaired) electrons. The van der Waals surface area contributed by atoms with Gasteiger partial charge in [-0.2, -0.15) is 0 Å². The summed E-state index contributed by atoms with van der Waals surface area (Å²) in [7, 11) is 0. The number of nitrogens with zero attached hydrogens (tertiary/aromatic N) is 1. The van der Waals surface area contributed by atoms with Gasteiger partial charge in [0.25, 0.3) is 0 Å². The zero-order valence-electron chi connectivity index (χ0n) is 18.5. The highest BCUT2D eigenvalue weighted by Crippen LogP contribution is 2.19. The van der Waals surface area contributed by atoms with E-state index < -0.39 is 0 Å². The summed E-state index contributed by atoms with van der Waals surface area (Å²) in [5.41, 5.74) is 10.7. The van der Waals surface area contributed by atoms with Gasteiger partial charge < -0.3 is 20.6 Å². The summed E-state index contributed by atoms with van der Waals surface area (Å²) in [6.07, 6.45) is 8.79. The van der Waals surface area contributed by atoms with Gasteiger partial charge in [0.1, 0.15) is 0 Å². The number of hydrogen-bond donors (Lipinski definition) is 3. The van der Waals surface area contributed by atoms with E-state index in [2.05, 4.69) is 77.4 Å². The van der Waals surface area contributed by atoms with Gasteiger partial charge in [-0.05, 0) is 68.6 Å². The molecule has 0 bridgehead atoms. The van der Waals surface area contributed by atoms with E-state index in [1.54, 1.807) is 0 Å². The Morgan fingerprint density at radius 1 is 0.700 bits per heavy atom. The number of nitrogens with two attached hydrogens (primary N) is 1. The van der Waals surface area contributed by atoms with E-state index in [0.29, 0.717) is 6.54 Å². The number of aromatic amines is 2. The smallest absolute Gasteiger partial charge is 0.0456 e. The Hall–Kier alpha value is -2.56. The maximum absolute atomic E-state index is 5.50. The number of hydrogen-bond acceptors (Lipinski definition) is 2. The van der Waals surface area contributed by atoms with Gasteiger partial charge in [-0.15, -0.1) is 0 Å². The van der Waals surface area contributed by atoms with E-state index >= 15 is 0 Å². The number of benzene rings is 2. The SMILES string of the molecule is CCCN(CCC)CCc1c[nH]c2ccccc12.NCCc1c[nH]c2ccccc12. The van der Waals surface area contributed by atoms with Crippen molar-refractivity contribution in [1.82, 2.24) is 14.9 Å². The summed E-state index contributed by atoms with van der Waals surface area (Å²) in [5, 5.41) is 2.67. The van der Waals surface area contributed by atoms with Gasteiger partial charge in [0.15, 0.2) is 0 Å². The summed E-state index contributed by atoms with van der Waals surface area (Å²) in [4.78, 5) is 9.15. The molecule has 0 atom stereocenters. The Morgan fingerprint density at radius 3 is 1.70 bits per heavy atom. The summed E-state index contributed by atoms with van der Waals surface area (Å²) in [5.74, 6) is 0. The summed E-state index contributed by atoms with van der Waals surface area (Å²) >= 11 is 0. The largest absolute Gasteiger partial charge is 0.361 e. The molecular weight excluding hydrogens is 368 g/mol. The third kappa shape index (κ3) is 5.74. The molecule has 0 spiro atoms. The Bertz CT molecular complexity index is 1010. The second-order valence-corrected chi connectivity index (χ2v) is 7.85. The van der Waals surface area contributed by atoms with Gasteiger partial charge in [-0.1, -0.05) is 50.2 Å². The van der Waals surface area contributed by atoms with Crippen molar-refractivity contribution in [2.24, 2.45) is 5.73 Å². The molecule has 2 heterocycles. The number of rotatable bonds is 9. The molecule has 0 aliphatic carbocycles. The third-order valence-corrected chi connectivity index (χ3v) is 5.54. The summed E-state index contributed by atoms with van der Waals surface area (Å²) < 4.78 is 0. The fourth-order valence-corrected chi connectivity index (χ4v) is 4.08. The van der Waals surface area contributed by atoms with Crippen LogP contribution in [0.5, 0.6) is 0 Å². The van der Waals surface area contributed by atoms with Crippen LogP contribution in [0.3, 0.4) is 0 Å². The topological polar surface area (TPSA) is 60.8 Å². The fraction of sp³-hybridized carbons (Fsp3) is 0.385. The van der Waals surface area contributed by atoms with E-state index in [1.165, 1.54) is 65.4 Å². The van der Waals surface area contributed by atoms with E-state index in [0.717, 1.165) is 12.8 Å². The second-order valence-electron chi connectivity index (χ2n) is 7.85. The van der Waals surface area contributed by atoms with Crippen LogP contribution in [0.1, 0.15) is 37.8 Å². The second kappa shape index (κ2) is 11.6. The molecule has 4 heteroatoms. The lowest BCUT2D eigenvalue weighted by Gasteiger charge is -2.20. The van der Waals surface area contributed by atoms with E-state index in [-0.39, 0.29) is 0 Å². The average molecular weight is 405 g/mol. The lowest BCUT2D eigenvalue weighted by molar-refractivity contribution is 0.278. The Balaban J connectivity index is 0.000000184. The highest BCUT2D eigenvalue weighted by atomic mass is 15.1. The third-order valence-electron chi connectivity index (χ3n) is 5.54. The molecule has 0 fully saturated rings. The van der Waals surface area contributed by atoms with E-state index in [1.807, 2.05) is 12.3 Å². The molecule has 4 N–H and O–H groups in total. The molecule has 0 amide bonds. The highest BCUT2D eigenvalue weighted by molar-refractivity contribution is 5.83. The van der Waals surface area contributed by atoms with Crippen molar-refractivity contribution in [3.05, 3.63) is 72.1 Å². The van der Waals surface area contributed by atoms with Crippen molar-refractivity contribution in [2.75, 3.05) is 26.2 Å². The number of nitrogens with one attached hydrogen (secondary N) is 2. The predicted octanol–water partition coefficient (Wildman–Crippen LogP) is 5.50. The maximum Gasteiger partial charge on any atom is 0.0456 e. The molecule has 4 aromatic rings. The van der Waals surface area contributed by atoms with Crippen LogP contribution in [-0.2, 0) is 12.8 Å². The van der Waals surface area contributed by atoms with Crippen LogP contribution in [0.4, 0.5) is 0 Å². The standard InChI is InChI=1S/C16H24N2.C10H12N2/c1-3-10-18(11-4-2)12-9-14-13-17-16-8-6-5-7-15(14)16;11-6-5-8-7-12-10-4-2-1-3-9(8)10/h5-8,13,17H,3-4,9-12H2,1-2H3;1-4,7,12H,5-6,11H2. The Morgan fingerprint density at radius 2 is 1.20 bits per heavy atom. The molecule has 2 aromatic heterocycles. The molecule has 0 aliphatic heterocycles. The zero-order chi connectivity index (χ0) is 21.2. The first-order valence-corrected chi connectivity index (χ1v) is 11.3. The highest BCUT2D eigenvalue weighted by Gasteiger charge is 2.06. The first kappa shape index (κ1) is 22.1. The minimum Gasteiger partial charge on any atom is -0.361 e. The monoisotopic (exact) mass is 404 g/mol. The lowest BCUT2D eigenvalue weighted by Crippen LogP contribution is -2.27. The minimum absolute atomic E-state index is 0.710. The molecule has 4 nitrogen and oxygen atoms in total. The van der Waals surface area contributed by atoms with Crippen molar-refractivity contribution in [3.8, 4) is 0 Å².